The molecule has 2 amide bonds. The minimum Gasteiger partial charge on any atom is -0.267 e. The summed E-state index contributed by atoms with van der Waals surface area (Å²) in [6.45, 7) is 3.87. The lowest BCUT2D eigenvalue weighted by molar-refractivity contribution is 0.0844. The topological polar surface area (TPSA) is 88.9 Å². The van der Waals surface area contributed by atoms with E-state index in [1.807, 2.05) is 13.8 Å². The molecule has 3 aromatic rings. The van der Waals surface area contributed by atoms with Crippen LogP contribution in [-0.4, -0.2) is 26.6 Å². The first-order valence-corrected chi connectivity index (χ1v) is 8.60. The van der Waals surface area contributed by atoms with Gasteiger partial charge < -0.3 is 0 Å². The van der Waals surface area contributed by atoms with Crippen LogP contribution in [0, 0.1) is 13.8 Å². The number of carbonyl (C=O) groups is 2. The molecule has 3 rings (SSSR count). The molecule has 132 valence electrons. The average Bonchev–Trinajstić information content (AvgIpc) is 2.94. The van der Waals surface area contributed by atoms with Crippen LogP contribution in [0.15, 0.2) is 53.1 Å². The van der Waals surface area contributed by atoms with Gasteiger partial charge in [0.2, 0.25) is 0 Å². The van der Waals surface area contributed by atoms with Crippen molar-refractivity contribution in [2.45, 2.75) is 13.8 Å². The van der Waals surface area contributed by atoms with Gasteiger partial charge >= 0.3 is 0 Å². The summed E-state index contributed by atoms with van der Waals surface area (Å²) in [5, 5.41) is 4.45. The molecule has 0 aliphatic carbocycles. The van der Waals surface area contributed by atoms with E-state index in [2.05, 4.69) is 36.9 Å². The van der Waals surface area contributed by atoms with Crippen LogP contribution < -0.4 is 10.9 Å². The molecule has 0 saturated carbocycles. The number of hydrazine groups is 1. The van der Waals surface area contributed by atoms with Crippen molar-refractivity contribution in [3.8, 4) is 5.69 Å². The smallest absolute Gasteiger partial charge is 0.267 e. The third-order valence-corrected chi connectivity index (χ3v) is 4.91. The predicted molar refractivity (Wildman–Crippen MR) is 99.9 cm³/mol. The highest BCUT2D eigenvalue weighted by Crippen LogP contribution is 2.23. The van der Waals surface area contributed by atoms with Gasteiger partial charge in [-0.05, 0) is 66.2 Å². The van der Waals surface area contributed by atoms with E-state index in [4.69, 9.17) is 0 Å². The van der Waals surface area contributed by atoms with Gasteiger partial charge in [-0.25, -0.2) is 4.68 Å². The number of halogens is 1. The second-order valence-corrected chi connectivity index (χ2v) is 6.36. The van der Waals surface area contributed by atoms with E-state index >= 15 is 0 Å². The molecule has 0 unspecified atom stereocenters. The van der Waals surface area contributed by atoms with E-state index in [0.717, 1.165) is 21.5 Å². The lowest BCUT2D eigenvalue weighted by Gasteiger charge is -2.08. The van der Waals surface area contributed by atoms with E-state index in [0.29, 0.717) is 5.56 Å². The second-order valence-electron chi connectivity index (χ2n) is 5.57. The Bertz CT molecular complexity index is 952. The van der Waals surface area contributed by atoms with Gasteiger partial charge in [-0.1, -0.05) is 6.07 Å². The van der Waals surface area contributed by atoms with Crippen LogP contribution in [-0.2, 0) is 0 Å². The Balaban J connectivity index is 1.67. The molecule has 2 heterocycles. The number of rotatable bonds is 3. The Kier molecular flexibility index (Phi) is 5.13. The molecule has 7 nitrogen and oxygen atoms in total. The van der Waals surface area contributed by atoms with E-state index in [1.165, 1.54) is 6.20 Å². The number of hydrogen-bond acceptors (Lipinski definition) is 4. The fraction of sp³-hybridized carbons (Fsp3) is 0.111. The van der Waals surface area contributed by atoms with E-state index in [1.54, 1.807) is 47.1 Å². The van der Waals surface area contributed by atoms with E-state index in [9.17, 15) is 9.59 Å². The number of amides is 2. The van der Waals surface area contributed by atoms with Crippen LogP contribution in [0.25, 0.3) is 5.69 Å². The third-order valence-electron chi connectivity index (χ3n) is 3.76. The van der Waals surface area contributed by atoms with Crippen LogP contribution in [0.3, 0.4) is 0 Å². The highest BCUT2D eigenvalue weighted by Gasteiger charge is 2.12. The first-order chi connectivity index (χ1) is 12.5. The molecule has 0 saturated heterocycles. The van der Waals surface area contributed by atoms with Crippen molar-refractivity contribution in [1.29, 1.82) is 0 Å². The standard InChI is InChI=1S/C18H16BrN5O2/c1-11-16(19)12(2)24(23-11)14-8-6-13(7-9-14)17(25)21-22-18(26)15-5-3-4-10-20-15/h3-10H,1-2H3,(H,21,25)(H,22,26). The van der Waals surface area contributed by atoms with Crippen molar-refractivity contribution in [2.24, 2.45) is 0 Å². The molecule has 0 aliphatic heterocycles. The van der Waals surface area contributed by atoms with Gasteiger partial charge in [0.05, 0.1) is 21.5 Å². The summed E-state index contributed by atoms with van der Waals surface area (Å²) in [5.41, 5.74) is 8.05. The maximum atomic E-state index is 12.2. The van der Waals surface area contributed by atoms with Gasteiger partial charge in [-0.3, -0.25) is 25.4 Å². The summed E-state index contributed by atoms with van der Waals surface area (Å²) >= 11 is 3.50. The Labute approximate surface area is 158 Å². The number of carbonyl (C=O) groups excluding carboxylic acids is 2. The number of benzene rings is 1. The lowest BCUT2D eigenvalue weighted by Crippen LogP contribution is -2.41. The first-order valence-electron chi connectivity index (χ1n) is 7.81. The number of pyridine rings is 1. The molecular weight excluding hydrogens is 398 g/mol. The summed E-state index contributed by atoms with van der Waals surface area (Å²) < 4.78 is 2.75. The molecule has 0 spiro atoms. The Morgan fingerprint density at radius 2 is 1.69 bits per heavy atom. The predicted octanol–water partition coefficient (Wildman–Crippen LogP) is 2.72. The quantitative estimate of drug-likeness (QED) is 0.646. The normalized spacial score (nSPS) is 10.4. The van der Waals surface area contributed by atoms with Gasteiger partial charge in [-0.2, -0.15) is 5.10 Å². The number of hydrogen-bond donors (Lipinski definition) is 2. The number of nitrogens with one attached hydrogen (secondary N) is 2. The lowest BCUT2D eigenvalue weighted by atomic mass is 10.2. The van der Waals surface area contributed by atoms with E-state index < -0.39 is 11.8 Å². The Morgan fingerprint density at radius 1 is 1.00 bits per heavy atom. The number of aryl methyl sites for hydroxylation is 1. The summed E-state index contributed by atoms with van der Waals surface area (Å²) in [7, 11) is 0. The third kappa shape index (κ3) is 3.65. The zero-order valence-electron chi connectivity index (χ0n) is 14.2. The zero-order chi connectivity index (χ0) is 18.7. The molecule has 0 radical (unpaired) electrons. The maximum absolute atomic E-state index is 12.2. The van der Waals surface area contributed by atoms with Crippen LogP contribution in [0.1, 0.15) is 32.2 Å². The maximum Gasteiger partial charge on any atom is 0.288 e. The molecule has 0 bridgehead atoms. The molecule has 0 atom stereocenters. The molecule has 0 aliphatic rings. The summed E-state index contributed by atoms with van der Waals surface area (Å²) in [6, 6.07) is 11.9. The SMILES string of the molecule is Cc1nn(-c2ccc(C(=O)NNC(=O)c3ccccn3)cc2)c(C)c1Br. The van der Waals surface area contributed by atoms with Crippen LogP contribution >= 0.6 is 15.9 Å². The minimum absolute atomic E-state index is 0.221. The fourth-order valence-electron chi connectivity index (χ4n) is 2.38. The van der Waals surface area contributed by atoms with Crippen LogP contribution in [0.4, 0.5) is 0 Å². The van der Waals surface area contributed by atoms with Crippen molar-refractivity contribution in [3.63, 3.8) is 0 Å². The van der Waals surface area contributed by atoms with Gasteiger partial charge in [0.15, 0.2) is 0 Å². The van der Waals surface area contributed by atoms with Crippen molar-refractivity contribution in [2.75, 3.05) is 0 Å². The van der Waals surface area contributed by atoms with Crippen molar-refractivity contribution in [1.82, 2.24) is 25.6 Å². The molecule has 26 heavy (non-hydrogen) atoms. The molecule has 8 heteroatoms. The second kappa shape index (κ2) is 7.49. The largest absolute Gasteiger partial charge is 0.288 e. The molecule has 2 N–H and O–H groups in total. The van der Waals surface area contributed by atoms with Gasteiger partial charge in [-0.15, -0.1) is 0 Å². The average molecular weight is 414 g/mol. The first kappa shape index (κ1) is 17.8. The summed E-state index contributed by atoms with van der Waals surface area (Å²) in [5.74, 6) is -0.904. The van der Waals surface area contributed by atoms with Crippen LogP contribution in [0.5, 0.6) is 0 Å². The Hall–Kier alpha value is -3.00. The Morgan fingerprint density at radius 3 is 2.27 bits per heavy atom. The highest BCUT2D eigenvalue weighted by molar-refractivity contribution is 9.10. The van der Waals surface area contributed by atoms with Crippen molar-refractivity contribution >= 4 is 27.7 Å². The minimum atomic E-state index is -0.483. The monoisotopic (exact) mass is 413 g/mol. The summed E-state index contributed by atoms with van der Waals surface area (Å²) in [6.07, 6.45) is 1.51. The van der Waals surface area contributed by atoms with E-state index in [-0.39, 0.29) is 5.69 Å². The fourth-order valence-corrected chi connectivity index (χ4v) is 2.62. The van der Waals surface area contributed by atoms with Gasteiger partial charge in [0.1, 0.15) is 5.69 Å². The number of nitrogens with zero attached hydrogens (tertiary/aromatic N) is 3. The molecular formula is C18H16BrN5O2. The van der Waals surface area contributed by atoms with Gasteiger partial charge in [0, 0.05) is 11.8 Å². The molecule has 1 aromatic carbocycles. The molecule has 0 fully saturated rings. The van der Waals surface area contributed by atoms with Crippen molar-refractivity contribution in [3.05, 3.63) is 75.8 Å². The van der Waals surface area contributed by atoms with Crippen LogP contribution in [0.2, 0.25) is 0 Å². The number of aromatic nitrogens is 3. The zero-order valence-corrected chi connectivity index (χ0v) is 15.7. The summed E-state index contributed by atoms with van der Waals surface area (Å²) in [4.78, 5) is 28.0. The molecule has 2 aromatic heterocycles. The van der Waals surface area contributed by atoms with Crippen molar-refractivity contribution < 1.29 is 9.59 Å². The van der Waals surface area contributed by atoms with Gasteiger partial charge in [0.25, 0.3) is 11.8 Å². The highest BCUT2D eigenvalue weighted by atomic mass is 79.9.